The van der Waals surface area contributed by atoms with Gasteiger partial charge in [0.15, 0.2) is 0 Å². The third-order valence-corrected chi connectivity index (χ3v) is 4.77. The molecule has 2 aromatic heterocycles. The topological polar surface area (TPSA) is 75.0 Å². The minimum absolute atomic E-state index is 0.163. The number of amides is 1. The predicted octanol–water partition coefficient (Wildman–Crippen LogP) is 0.574. The third-order valence-electron chi connectivity index (χ3n) is 3.51. The van der Waals surface area contributed by atoms with Crippen molar-refractivity contribution in [2.45, 2.75) is 13.5 Å². The summed E-state index contributed by atoms with van der Waals surface area (Å²) in [5.74, 6) is -0.235. The summed E-state index contributed by atoms with van der Waals surface area (Å²) in [5, 5.41) is 0. The first-order chi connectivity index (χ1) is 10.3. The first-order valence-corrected chi connectivity index (χ1v) is 8.77. The van der Waals surface area contributed by atoms with Crippen LogP contribution in [0.2, 0.25) is 0 Å². The molecule has 0 N–H and O–H groups in total. The van der Waals surface area contributed by atoms with Crippen LogP contribution in [-0.4, -0.2) is 59.3 Å². The number of fused-ring (bicyclic) bond motifs is 1. The molecule has 22 heavy (non-hydrogen) atoms. The van der Waals surface area contributed by atoms with Crippen LogP contribution in [0.25, 0.3) is 5.65 Å². The number of aromatic nitrogens is 2. The maximum atomic E-state index is 12.3. The van der Waals surface area contributed by atoms with Gasteiger partial charge in [0.1, 0.15) is 5.65 Å². The van der Waals surface area contributed by atoms with Crippen LogP contribution in [0.4, 0.5) is 0 Å². The molecule has 0 aliphatic carbocycles. The molecule has 2 rings (SSSR count). The SMILES string of the molecule is CCN(Cc1cnc2ccccn12)C(=O)CN(C)S(C)(=O)=O. The summed E-state index contributed by atoms with van der Waals surface area (Å²) in [6.07, 6.45) is 4.70. The van der Waals surface area contributed by atoms with Gasteiger partial charge in [-0.25, -0.2) is 13.4 Å². The molecule has 0 spiro atoms. The van der Waals surface area contributed by atoms with Gasteiger partial charge in [-0.05, 0) is 19.1 Å². The van der Waals surface area contributed by atoms with E-state index >= 15 is 0 Å². The van der Waals surface area contributed by atoms with Crippen LogP contribution in [-0.2, 0) is 21.4 Å². The number of carbonyl (C=O) groups excluding carboxylic acids is 1. The summed E-state index contributed by atoms with van der Waals surface area (Å²) < 4.78 is 25.8. The minimum atomic E-state index is -3.37. The highest BCUT2D eigenvalue weighted by Gasteiger charge is 2.20. The molecule has 120 valence electrons. The first-order valence-electron chi connectivity index (χ1n) is 6.93. The van der Waals surface area contributed by atoms with Gasteiger partial charge in [0, 0.05) is 19.8 Å². The Labute approximate surface area is 130 Å². The minimum Gasteiger partial charge on any atom is -0.336 e. The molecule has 2 heterocycles. The number of nitrogens with zero attached hydrogens (tertiary/aromatic N) is 4. The Kier molecular flexibility index (Phi) is 4.82. The van der Waals surface area contributed by atoms with E-state index in [2.05, 4.69) is 4.98 Å². The molecule has 0 aliphatic rings. The summed E-state index contributed by atoms with van der Waals surface area (Å²) in [6.45, 7) is 2.58. The van der Waals surface area contributed by atoms with E-state index in [0.717, 1.165) is 21.9 Å². The molecule has 2 aromatic rings. The molecule has 0 atom stereocenters. The summed E-state index contributed by atoms with van der Waals surface area (Å²) in [6, 6.07) is 5.68. The zero-order chi connectivity index (χ0) is 16.3. The zero-order valence-corrected chi connectivity index (χ0v) is 13.7. The second kappa shape index (κ2) is 6.45. The van der Waals surface area contributed by atoms with Crippen LogP contribution < -0.4 is 0 Å². The van der Waals surface area contributed by atoms with E-state index in [1.807, 2.05) is 35.7 Å². The van der Waals surface area contributed by atoms with Gasteiger partial charge in [-0.2, -0.15) is 4.31 Å². The van der Waals surface area contributed by atoms with Gasteiger partial charge in [0.2, 0.25) is 15.9 Å². The largest absolute Gasteiger partial charge is 0.336 e. The van der Waals surface area contributed by atoms with Gasteiger partial charge in [-0.1, -0.05) is 6.07 Å². The fourth-order valence-electron chi connectivity index (χ4n) is 2.08. The van der Waals surface area contributed by atoms with Crippen molar-refractivity contribution in [3.05, 3.63) is 36.3 Å². The normalized spacial score (nSPS) is 12.0. The van der Waals surface area contributed by atoms with Crippen molar-refractivity contribution < 1.29 is 13.2 Å². The maximum absolute atomic E-state index is 12.3. The summed E-state index contributed by atoms with van der Waals surface area (Å²) in [7, 11) is -1.97. The molecule has 0 aromatic carbocycles. The van der Waals surface area contributed by atoms with Gasteiger partial charge in [0.25, 0.3) is 0 Å². The lowest BCUT2D eigenvalue weighted by atomic mass is 10.3. The van der Waals surface area contributed by atoms with Crippen molar-refractivity contribution in [1.29, 1.82) is 0 Å². The van der Waals surface area contributed by atoms with E-state index in [-0.39, 0.29) is 12.5 Å². The molecule has 1 amide bonds. The molecule has 0 saturated heterocycles. The Hall–Kier alpha value is -1.93. The Morgan fingerprint density at radius 3 is 2.73 bits per heavy atom. The van der Waals surface area contributed by atoms with E-state index < -0.39 is 10.0 Å². The lowest BCUT2D eigenvalue weighted by Gasteiger charge is -2.23. The quantitative estimate of drug-likeness (QED) is 0.779. The van der Waals surface area contributed by atoms with Crippen LogP contribution in [0.15, 0.2) is 30.6 Å². The van der Waals surface area contributed by atoms with E-state index in [4.69, 9.17) is 0 Å². The number of rotatable bonds is 6. The van der Waals surface area contributed by atoms with Crippen LogP contribution in [0.3, 0.4) is 0 Å². The average Bonchev–Trinajstić information content (AvgIpc) is 2.86. The highest BCUT2D eigenvalue weighted by atomic mass is 32.2. The third kappa shape index (κ3) is 3.63. The number of hydrogen-bond acceptors (Lipinski definition) is 4. The maximum Gasteiger partial charge on any atom is 0.238 e. The number of pyridine rings is 1. The standard InChI is InChI=1S/C14H20N4O3S/c1-4-17(14(19)11-16(2)22(3,20)21)10-12-9-15-13-7-5-6-8-18(12)13/h5-9H,4,10-11H2,1-3H3. The van der Waals surface area contributed by atoms with Crippen LogP contribution in [0.1, 0.15) is 12.6 Å². The molecule has 0 radical (unpaired) electrons. The highest BCUT2D eigenvalue weighted by Crippen LogP contribution is 2.09. The molecule has 0 aliphatic heterocycles. The van der Waals surface area contributed by atoms with Gasteiger partial charge in [-0.15, -0.1) is 0 Å². The monoisotopic (exact) mass is 324 g/mol. The summed E-state index contributed by atoms with van der Waals surface area (Å²) in [4.78, 5) is 18.2. The van der Waals surface area contributed by atoms with Gasteiger partial charge in [-0.3, -0.25) is 4.79 Å². The average molecular weight is 324 g/mol. The summed E-state index contributed by atoms with van der Waals surface area (Å²) in [5.41, 5.74) is 1.70. The van der Waals surface area contributed by atoms with Crippen molar-refractivity contribution in [2.24, 2.45) is 0 Å². The number of likely N-dealkylation sites (N-methyl/N-ethyl adjacent to an activating group) is 2. The summed E-state index contributed by atoms with van der Waals surface area (Å²) >= 11 is 0. The van der Waals surface area contributed by atoms with Gasteiger partial charge < -0.3 is 9.30 Å². The fourth-order valence-corrected chi connectivity index (χ4v) is 2.43. The highest BCUT2D eigenvalue weighted by molar-refractivity contribution is 7.88. The smallest absolute Gasteiger partial charge is 0.238 e. The van der Waals surface area contributed by atoms with Crippen molar-refractivity contribution in [1.82, 2.24) is 18.6 Å². The van der Waals surface area contributed by atoms with Crippen molar-refractivity contribution >= 4 is 21.6 Å². The molecule has 0 saturated carbocycles. The van der Waals surface area contributed by atoms with E-state index in [9.17, 15) is 13.2 Å². The van der Waals surface area contributed by atoms with E-state index in [0.29, 0.717) is 13.1 Å². The molecule has 0 unspecified atom stereocenters. The van der Waals surface area contributed by atoms with Crippen LogP contribution in [0, 0.1) is 0 Å². The van der Waals surface area contributed by atoms with Crippen molar-refractivity contribution in [2.75, 3.05) is 26.4 Å². The lowest BCUT2D eigenvalue weighted by Crippen LogP contribution is -2.40. The number of carbonyl (C=O) groups is 1. The van der Waals surface area contributed by atoms with Crippen molar-refractivity contribution in [3.63, 3.8) is 0 Å². The Morgan fingerprint density at radius 1 is 1.36 bits per heavy atom. The predicted molar refractivity (Wildman–Crippen MR) is 83.8 cm³/mol. The fraction of sp³-hybridized carbons (Fsp3) is 0.429. The second-order valence-corrected chi connectivity index (χ2v) is 7.19. The van der Waals surface area contributed by atoms with Crippen LogP contribution in [0.5, 0.6) is 0 Å². The van der Waals surface area contributed by atoms with Gasteiger partial charge in [0.05, 0.1) is 31.2 Å². The Balaban J connectivity index is 2.13. The first kappa shape index (κ1) is 16.4. The second-order valence-electron chi connectivity index (χ2n) is 5.11. The zero-order valence-electron chi connectivity index (χ0n) is 12.9. The molecule has 0 fully saturated rings. The number of hydrogen-bond donors (Lipinski definition) is 0. The number of imidazole rings is 1. The molecular formula is C14H20N4O3S. The van der Waals surface area contributed by atoms with E-state index in [1.54, 1.807) is 11.1 Å². The molecule has 0 bridgehead atoms. The Bertz CT molecular complexity index is 769. The molecule has 8 heteroatoms. The van der Waals surface area contributed by atoms with Crippen molar-refractivity contribution in [3.8, 4) is 0 Å². The molecule has 7 nitrogen and oxygen atoms in total. The lowest BCUT2D eigenvalue weighted by molar-refractivity contribution is -0.131. The Morgan fingerprint density at radius 2 is 2.09 bits per heavy atom. The number of sulfonamides is 1. The van der Waals surface area contributed by atoms with Gasteiger partial charge >= 0.3 is 0 Å². The van der Waals surface area contributed by atoms with Crippen LogP contribution >= 0.6 is 0 Å². The molecular weight excluding hydrogens is 304 g/mol. The van der Waals surface area contributed by atoms with E-state index in [1.165, 1.54) is 7.05 Å².